The van der Waals surface area contributed by atoms with E-state index in [4.69, 9.17) is 4.98 Å². The Morgan fingerprint density at radius 3 is 2.70 bits per heavy atom. The van der Waals surface area contributed by atoms with Gasteiger partial charge in [0.05, 0.1) is 5.69 Å². The van der Waals surface area contributed by atoms with Crippen LogP contribution < -0.4 is 0 Å². The predicted octanol–water partition coefficient (Wildman–Crippen LogP) is 2.09. The lowest BCUT2D eigenvalue weighted by atomic mass is 10.0. The third-order valence-electron chi connectivity index (χ3n) is 5.61. The molecule has 0 radical (unpaired) electrons. The first kappa shape index (κ1) is 16.9. The number of aliphatic hydroxyl groups excluding tert-OH is 1. The molecule has 0 bridgehead atoms. The zero-order valence-corrected chi connectivity index (χ0v) is 14.7. The van der Waals surface area contributed by atoms with E-state index in [0.29, 0.717) is 12.6 Å². The third-order valence-corrected chi connectivity index (χ3v) is 5.61. The van der Waals surface area contributed by atoms with Crippen molar-refractivity contribution in [3.63, 3.8) is 0 Å². The van der Waals surface area contributed by atoms with Crippen LogP contribution in [0.25, 0.3) is 0 Å². The lowest BCUT2D eigenvalue weighted by Gasteiger charge is -2.44. The van der Waals surface area contributed by atoms with Gasteiger partial charge in [0.1, 0.15) is 5.82 Å². The maximum Gasteiger partial charge on any atom is 0.106 e. The molecule has 0 aromatic carbocycles. The molecule has 0 spiro atoms. The molecule has 1 aliphatic carbocycles. The van der Waals surface area contributed by atoms with Crippen molar-refractivity contribution in [1.29, 1.82) is 0 Å². The molecule has 2 aliphatic rings. The Kier molecular flexibility index (Phi) is 5.72. The van der Waals surface area contributed by atoms with Crippen molar-refractivity contribution in [2.75, 3.05) is 26.2 Å². The van der Waals surface area contributed by atoms with Crippen LogP contribution in [-0.2, 0) is 13.0 Å². The maximum absolute atomic E-state index is 9.47. The number of aromatic amines is 1. The van der Waals surface area contributed by atoms with E-state index in [1.54, 1.807) is 0 Å². The number of hydrogen-bond acceptors (Lipinski definition) is 4. The second-order valence-corrected chi connectivity index (χ2v) is 7.19. The van der Waals surface area contributed by atoms with Gasteiger partial charge in [0.25, 0.3) is 0 Å². The molecule has 23 heavy (non-hydrogen) atoms. The molecule has 1 atom stereocenters. The molecule has 1 unspecified atom stereocenters. The van der Waals surface area contributed by atoms with Gasteiger partial charge in [0, 0.05) is 57.0 Å². The lowest BCUT2D eigenvalue weighted by molar-refractivity contribution is 0.0262. The highest BCUT2D eigenvalue weighted by Gasteiger charge is 2.33. The molecule has 5 heteroatoms. The van der Waals surface area contributed by atoms with Crippen LogP contribution >= 0.6 is 0 Å². The molecule has 1 aromatic heterocycles. The van der Waals surface area contributed by atoms with Gasteiger partial charge < -0.3 is 10.1 Å². The Morgan fingerprint density at radius 1 is 1.26 bits per heavy atom. The van der Waals surface area contributed by atoms with E-state index in [1.165, 1.54) is 37.1 Å². The molecule has 1 saturated carbocycles. The van der Waals surface area contributed by atoms with E-state index in [2.05, 4.69) is 28.6 Å². The van der Waals surface area contributed by atoms with E-state index in [0.717, 1.165) is 50.9 Å². The molecule has 0 amide bonds. The number of imidazole rings is 1. The molecular formula is C18H32N4O. The number of aryl methyl sites for hydroxylation is 2. The van der Waals surface area contributed by atoms with Gasteiger partial charge in [-0.2, -0.15) is 0 Å². The third kappa shape index (κ3) is 3.95. The van der Waals surface area contributed by atoms with Crippen molar-refractivity contribution < 1.29 is 5.11 Å². The SMILES string of the molecule is CCc1nc(CN2CCN(C3CCCC3)C(CCO)C2)c(C)[nH]1. The Labute approximate surface area is 140 Å². The summed E-state index contributed by atoms with van der Waals surface area (Å²) in [5, 5.41) is 9.47. The van der Waals surface area contributed by atoms with Gasteiger partial charge in [-0.15, -0.1) is 0 Å². The average Bonchev–Trinajstić information content (AvgIpc) is 3.18. The van der Waals surface area contributed by atoms with Crippen LogP contribution in [0.2, 0.25) is 0 Å². The smallest absolute Gasteiger partial charge is 0.106 e. The Bertz CT molecular complexity index is 495. The second-order valence-electron chi connectivity index (χ2n) is 7.19. The standard InChI is InChI=1S/C18H32N4O/c1-3-18-19-14(2)17(20-18)13-21-9-10-22(15-6-4-5-7-15)16(12-21)8-11-23/h15-16,23H,3-13H2,1-2H3,(H,19,20). The fourth-order valence-electron chi connectivity index (χ4n) is 4.30. The molecule has 1 saturated heterocycles. The average molecular weight is 320 g/mol. The fourth-order valence-corrected chi connectivity index (χ4v) is 4.30. The van der Waals surface area contributed by atoms with Crippen molar-refractivity contribution in [2.45, 2.75) is 71.0 Å². The largest absolute Gasteiger partial charge is 0.396 e. The highest BCUT2D eigenvalue weighted by molar-refractivity contribution is 5.13. The molecule has 130 valence electrons. The normalized spacial score (nSPS) is 24.6. The monoisotopic (exact) mass is 320 g/mol. The van der Waals surface area contributed by atoms with Crippen molar-refractivity contribution in [2.24, 2.45) is 0 Å². The Balaban J connectivity index is 1.62. The van der Waals surface area contributed by atoms with E-state index < -0.39 is 0 Å². The van der Waals surface area contributed by atoms with Crippen LogP contribution in [0.5, 0.6) is 0 Å². The Hall–Kier alpha value is -0.910. The van der Waals surface area contributed by atoms with Crippen LogP contribution in [0, 0.1) is 6.92 Å². The minimum absolute atomic E-state index is 0.295. The zero-order chi connectivity index (χ0) is 16.2. The maximum atomic E-state index is 9.47. The van der Waals surface area contributed by atoms with Gasteiger partial charge in [0.15, 0.2) is 0 Å². The van der Waals surface area contributed by atoms with Gasteiger partial charge in [-0.1, -0.05) is 19.8 Å². The van der Waals surface area contributed by atoms with E-state index in [1.807, 2.05) is 0 Å². The number of H-pyrrole nitrogens is 1. The topological polar surface area (TPSA) is 55.4 Å². The lowest BCUT2D eigenvalue weighted by Crippen LogP contribution is -2.56. The van der Waals surface area contributed by atoms with Crippen molar-refractivity contribution in [3.05, 3.63) is 17.2 Å². The molecule has 2 heterocycles. The summed E-state index contributed by atoms with van der Waals surface area (Å²) in [5.74, 6) is 1.09. The van der Waals surface area contributed by atoms with Gasteiger partial charge in [0.2, 0.25) is 0 Å². The van der Waals surface area contributed by atoms with Crippen molar-refractivity contribution in [1.82, 2.24) is 19.8 Å². The summed E-state index contributed by atoms with van der Waals surface area (Å²) in [4.78, 5) is 13.3. The summed E-state index contributed by atoms with van der Waals surface area (Å²) < 4.78 is 0. The van der Waals surface area contributed by atoms with Crippen LogP contribution in [0.4, 0.5) is 0 Å². The minimum Gasteiger partial charge on any atom is -0.396 e. The van der Waals surface area contributed by atoms with E-state index >= 15 is 0 Å². The summed E-state index contributed by atoms with van der Waals surface area (Å²) >= 11 is 0. The summed E-state index contributed by atoms with van der Waals surface area (Å²) in [7, 11) is 0. The van der Waals surface area contributed by atoms with Gasteiger partial charge in [-0.25, -0.2) is 4.98 Å². The van der Waals surface area contributed by atoms with Gasteiger partial charge >= 0.3 is 0 Å². The number of rotatable bonds is 6. The highest BCUT2D eigenvalue weighted by Crippen LogP contribution is 2.28. The second kappa shape index (κ2) is 7.77. The summed E-state index contributed by atoms with van der Waals surface area (Å²) in [6.07, 6.45) is 7.31. The zero-order valence-electron chi connectivity index (χ0n) is 14.7. The summed E-state index contributed by atoms with van der Waals surface area (Å²) in [6.45, 7) is 8.81. The number of nitrogens with one attached hydrogen (secondary N) is 1. The van der Waals surface area contributed by atoms with E-state index in [9.17, 15) is 5.11 Å². The van der Waals surface area contributed by atoms with Crippen LogP contribution in [0.15, 0.2) is 0 Å². The molecule has 1 aromatic rings. The first-order valence-corrected chi connectivity index (χ1v) is 9.34. The first-order valence-electron chi connectivity index (χ1n) is 9.34. The first-order chi connectivity index (χ1) is 11.2. The molecule has 2 N–H and O–H groups in total. The number of piperazine rings is 1. The van der Waals surface area contributed by atoms with Gasteiger partial charge in [-0.05, 0) is 26.2 Å². The number of hydrogen-bond donors (Lipinski definition) is 2. The molecular weight excluding hydrogens is 288 g/mol. The number of aromatic nitrogens is 2. The molecule has 5 nitrogen and oxygen atoms in total. The Morgan fingerprint density at radius 2 is 2.04 bits per heavy atom. The quantitative estimate of drug-likeness (QED) is 0.843. The summed E-state index contributed by atoms with van der Waals surface area (Å²) in [5.41, 5.74) is 2.40. The van der Waals surface area contributed by atoms with Gasteiger partial charge in [-0.3, -0.25) is 9.80 Å². The molecule has 2 fully saturated rings. The number of aliphatic hydroxyl groups is 1. The van der Waals surface area contributed by atoms with Crippen LogP contribution in [-0.4, -0.2) is 63.2 Å². The number of nitrogens with zero attached hydrogens (tertiary/aromatic N) is 3. The summed E-state index contributed by atoms with van der Waals surface area (Å²) in [6, 6.07) is 1.26. The van der Waals surface area contributed by atoms with E-state index in [-0.39, 0.29) is 0 Å². The molecule has 1 aliphatic heterocycles. The highest BCUT2D eigenvalue weighted by atomic mass is 16.3. The van der Waals surface area contributed by atoms with Crippen molar-refractivity contribution >= 4 is 0 Å². The van der Waals surface area contributed by atoms with Crippen LogP contribution in [0.3, 0.4) is 0 Å². The minimum atomic E-state index is 0.295. The predicted molar refractivity (Wildman–Crippen MR) is 92.4 cm³/mol. The van der Waals surface area contributed by atoms with Crippen molar-refractivity contribution in [3.8, 4) is 0 Å². The van der Waals surface area contributed by atoms with Crippen LogP contribution in [0.1, 0.15) is 56.2 Å². The molecule has 3 rings (SSSR count). The fraction of sp³-hybridized carbons (Fsp3) is 0.833.